The molecule has 2 heterocycles. The molecule has 6 heteroatoms. The van der Waals surface area contributed by atoms with Gasteiger partial charge in [-0.1, -0.05) is 0 Å². The van der Waals surface area contributed by atoms with E-state index >= 15 is 0 Å². The molecule has 1 aromatic rings. The monoisotopic (exact) mass is 281 g/mol. The molecule has 0 bridgehead atoms. The van der Waals surface area contributed by atoms with Crippen molar-refractivity contribution >= 4 is 24.3 Å². The molecule has 0 radical (unpaired) electrons. The average Bonchev–Trinajstić information content (AvgIpc) is 2.57. The van der Waals surface area contributed by atoms with Crippen LogP contribution in [0.15, 0.2) is 17.2 Å². The largest absolute Gasteiger partial charge is 0.496 e. The predicted octanol–water partition coefficient (Wildman–Crippen LogP) is 2.11. The molecule has 1 aliphatic rings. The van der Waals surface area contributed by atoms with E-state index in [1.807, 2.05) is 40.0 Å². The molecule has 1 fully saturated rings. The summed E-state index contributed by atoms with van der Waals surface area (Å²) in [4.78, 5) is 5.29. The highest BCUT2D eigenvalue weighted by molar-refractivity contribution is 7.98. The molecule has 0 spiro atoms. The highest BCUT2D eigenvalue weighted by Gasteiger charge is 2.51. The molecule has 0 N–H and O–H groups in total. The first-order valence-corrected chi connectivity index (χ1v) is 7.47. The number of hydrogen-bond acceptors (Lipinski definition) is 5. The van der Waals surface area contributed by atoms with Gasteiger partial charge in [-0.05, 0) is 40.0 Å². The number of pyridine rings is 1. The number of nitrogens with zero attached hydrogens (tertiary/aromatic N) is 1. The predicted molar refractivity (Wildman–Crippen MR) is 78.3 cm³/mol. The van der Waals surface area contributed by atoms with Crippen molar-refractivity contribution in [1.29, 1.82) is 0 Å². The third-order valence-corrected chi connectivity index (χ3v) is 4.51. The van der Waals surface area contributed by atoms with Gasteiger partial charge in [-0.15, -0.1) is 11.8 Å². The van der Waals surface area contributed by atoms with E-state index in [2.05, 4.69) is 4.98 Å². The number of rotatable bonds is 3. The van der Waals surface area contributed by atoms with Gasteiger partial charge in [0.25, 0.3) is 0 Å². The average molecular weight is 281 g/mol. The van der Waals surface area contributed by atoms with Crippen LogP contribution in [0.3, 0.4) is 0 Å². The van der Waals surface area contributed by atoms with Crippen LogP contribution < -0.4 is 10.2 Å². The number of thioether (sulfide) groups is 1. The van der Waals surface area contributed by atoms with Crippen LogP contribution in [-0.4, -0.2) is 36.7 Å². The maximum Gasteiger partial charge on any atom is 0.496 e. The smallest absolute Gasteiger partial charge is 0.480 e. The Morgan fingerprint density at radius 2 is 1.79 bits per heavy atom. The Labute approximate surface area is 119 Å². The minimum absolute atomic E-state index is 0.336. The first-order valence-electron chi connectivity index (χ1n) is 6.24. The van der Waals surface area contributed by atoms with E-state index in [1.165, 1.54) is 0 Å². The zero-order valence-corrected chi connectivity index (χ0v) is 13.1. The minimum Gasteiger partial charge on any atom is -0.480 e. The standard InChI is InChI=1S/C13H20BNO3S/c1-12(2)13(3,4)18-14(17-12)9-7-10(19-6)11(16-5)15-8-9/h7-8H,1-6H3. The molecule has 1 saturated heterocycles. The van der Waals surface area contributed by atoms with Gasteiger partial charge in [0.05, 0.1) is 23.2 Å². The van der Waals surface area contributed by atoms with Crippen LogP contribution in [0.25, 0.3) is 0 Å². The second-order valence-electron chi connectivity index (χ2n) is 5.57. The molecule has 104 valence electrons. The summed E-state index contributed by atoms with van der Waals surface area (Å²) < 4.78 is 17.2. The van der Waals surface area contributed by atoms with Gasteiger partial charge in [0.1, 0.15) is 0 Å². The van der Waals surface area contributed by atoms with E-state index in [0.29, 0.717) is 5.88 Å². The van der Waals surface area contributed by atoms with Crippen LogP contribution >= 0.6 is 11.8 Å². The van der Waals surface area contributed by atoms with Crippen molar-refractivity contribution in [2.45, 2.75) is 43.8 Å². The lowest BCUT2D eigenvalue weighted by Crippen LogP contribution is -2.41. The van der Waals surface area contributed by atoms with Crippen LogP contribution in [0.4, 0.5) is 0 Å². The van der Waals surface area contributed by atoms with E-state index in [0.717, 1.165) is 10.4 Å². The zero-order valence-electron chi connectivity index (χ0n) is 12.3. The van der Waals surface area contributed by atoms with Crippen LogP contribution in [0.5, 0.6) is 5.88 Å². The molecule has 0 unspecified atom stereocenters. The molecule has 0 aliphatic carbocycles. The van der Waals surface area contributed by atoms with Gasteiger partial charge in [-0.3, -0.25) is 0 Å². The normalized spacial score (nSPS) is 20.6. The zero-order chi connectivity index (χ0) is 14.3. The third-order valence-electron chi connectivity index (χ3n) is 3.78. The number of hydrogen-bond donors (Lipinski definition) is 0. The Hall–Kier alpha value is -0.715. The highest BCUT2D eigenvalue weighted by atomic mass is 32.2. The lowest BCUT2D eigenvalue weighted by Gasteiger charge is -2.32. The Balaban J connectivity index is 2.30. The summed E-state index contributed by atoms with van der Waals surface area (Å²) >= 11 is 1.59. The van der Waals surface area contributed by atoms with Gasteiger partial charge in [0.15, 0.2) is 0 Å². The Morgan fingerprint density at radius 3 is 2.26 bits per heavy atom. The summed E-state index contributed by atoms with van der Waals surface area (Å²) in [6.45, 7) is 8.16. The van der Waals surface area contributed by atoms with Gasteiger partial charge in [-0.25, -0.2) is 4.98 Å². The number of aromatic nitrogens is 1. The van der Waals surface area contributed by atoms with Crippen molar-refractivity contribution in [1.82, 2.24) is 4.98 Å². The van der Waals surface area contributed by atoms with Gasteiger partial charge in [-0.2, -0.15) is 0 Å². The summed E-state index contributed by atoms with van der Waals surface area (Å²) in [5.41, 5.74) is 0.248. The molecule has 1 aromatic heterocycles. The third kappa shape index (κ3) is 2.62. The van der Waals surface area contributed by atoms with E-state index in [1.54, 1.807) is 25.1 Å². The molecule has 0 amide bonds. The summed E-state index contributed by atoms with van der Waals surface area (Å²) in [6.07, 6.45) is 3.74. The summed E-state index contributed by atoms with van der Waals surface area (Å²) in [6, 6.07) is 2.01. The molecule has 0 atom stereocenters. The summed E-state index contributed by atoms with van der Waals surface area (Å²) in [5, 5.41) is 0. The van der Waals surface area contributed by atoms with Crippen LogP contribution in [-0.2, 0) is 9.31 Å². The Morgan fingerprint density at radius 1 is 1.21 bits per heavy atom. The van der Waals surface area contributed by atoms with Crippen molar-refractivity contribution in [3.05, 3.63) is 12.3 Å². The van der Waals surface area contributed by atoms with Crippen LogP contribution in [0.1, 0.15) is 27.7 Å². The summed E-state index contributed by atoms with van der Waals surface area (Å²) in [5.74, 6) is 0.632. The highest BCUT2D eigenvalue weighted by Crippen LogP contribution is 2.36. The second-order valence-corrected chi connectivity index (χ2v) is 6.42. The molecule has 1 aliphatic heterocycles. The molecular weight excluding hydrogens is 261 g/mol. The van der Waals surface area contributed by atoms with Gasteiger partial charge < -0.3 is 14.0 Å². The van der Waals surface area contributed by atoms with Gasteiger partial charge >= 0.3 is 7.12 Å². The maximum atomic E-state index is 6.01. The fourth-order valence-electron chi connectivity index (χ4n) is 1.85. The minimum atomic E-state index is -0.380. The van der Waals surface area contributed by atoms with Crippen LogP contribution in [0.2, 0.25) is 0 Å². The van der Waals surface area contributed by atoms with E-state index < -0.39 is 0 Å². The van der Waals surface area contributed by atoms with E-state index in [9.17, 15) is 0 Å². The maximum absolute atomic E-state index is 6.01. The Bertz CT molecular complexity index is 463. The lowest BCUT2D eigenvalue weighted by atomic mass is 9.80. The molecule has 2 rings (SSSR count). The first-order chi connectivity index (χ1) is 8.80. The van der Waals surface area contributed by atoms with Gasteiger partial charge in [0, 0.05) is 11.7 Å². The quantitative estimate of drug-likeness (QED) is 0.627. The Kier molecular flexibility index (Phi) is 3.86. The SMILES string of the molecule is COc1ncc(B2OC(C)(C)C(C)(C)O2)cc1SC. The van der Waals surface area contributed by atoms with Crippen molar-refractivity contribution in [2.24, 2.45) is 0 Å². The molecule has 4 nitrogen and oxygen atoms in total. The lowest BCUT2D eigenvalue weighted by molar-refractivity contribution is 0.00578. The van der Waals surface area contributed by atoms with Gasteiger partial charge in [0.2, 0.25) is 5.88 Å². The second kappa shape index (κ2) is 5.00. The molecule has 0 saturated carbocycles. The number of methoxy groups -OCH3 is 1. The van der Waals surface area contributed by atoms with Crippen molar-refractivity contribution in [3.8, 4) is 5.88 Å². The molecule has 19 heavy (non-hydrogen) atoms. The van der Waals surface area contributed by atoms with Crippen molar-refractivity contribution in [2.75, 3.05) is 13.4 Å². The fraction of sp³-hybridized carbons (Fsp3) is 0.615. The fourth-order valence-corrected chi connectivity index (χ4v) is 2.42. The topological polar surface area (TPSA) is 40.6 Å². The van der Waals surface area contributed by atoms with Crippen molar-refractivity contribution in [3.63, 3.8) is 0 Å². The number of ether oxygens (including phenoxy) is 1. The molecule has 0 aromatic carbocycles. The first kappa shape index (κ1) is 14.7. The van der Waals surface area contributed by atoms with E-state index in [4.69, 9.17) is 14.0 Å². The summed E-state index contributed by atoms with van der Waals surface area (Å²) in [7, 11) is 1.24. The van der Waals surface area contributed by atoms with Crippen molar-refractivity contribution < 1.29 is 14.0 Å². The molecular formula is C13H20BNO3S. The van der Waals surface area contributed by atoms with E-state index in [-0.39, 0.29) is 18.3 Å². The van der Waals surface area contributed by atoms with Crippen LogP contribution in [0, 0.1) is 0 Å².